The highest BCUT2D eigenvalue weighted by Gasteiger charge is 2.72. The van der Waals surface area contributed by atoms with Gasteiger partial charge in [-0.05, 0) is 65.5 Å². The third kappa shape index (κ3) is 3.71. The van der Waals surface area contributed by atoms with Crippen molar-refractivity contribution in [2.75, 3.05) is 5.75 Å². The normalized spacial score (nSPS) is 30.4. The SMILES string of the molecule is C[C@H]1Cc2ccc3ccccc3c2[C@@H]1OC(=O)c1cc(Cl)c(Cl)cc1C(=O)N1[C@@H]2C[C@H]3CC[C@]2(CS1(=O)=O)C3(C)C. The van der Waals surface area contributed by atoms with Crippen LogP contribution in [0.5, 0.6) is 0 Å². The number of benzene rings is 3. The fraction of sp³-hybridized carbons (Fsp3) is 0.438. The molecule has 41 heavy (non-hydrogen) atoms. The van der Waals surface area contributed by atoms with Crippen molar-refractivity contribution in [2.24, 2.45) is 22.7 Å². The lowest BCUT2D eigenvalue weighted by molar-refractivity contribution is 0.0195. The van der Waals surface area contributed by atoms with E-state index >= 15 is 0 Å². The monoisotopic (exact) mass is 611 g/mol. The minimum absolute atomic E-state index is 0.0109. The zero-order valence-corrected chi connectivity index (χ0v) is 25.4. The number of carbonyl (C=O) groups excluding carboxylic acids is 2. The molecule has 2 bridgehead atoms. The highest BCUT2D eigenvalue weighted by molar-refractivity contribution is 7.90. The van der Waals surface area contributed by atoms with Crippen LogP contribution in [0, 0.1) is 22.7 Å². The summed E-state index contributed by atoms with van der Waals surface area (Å²) in [4.78, 5) is 28.1. The van der Waals surface area contributed by atoms with Crippen LogP contribution in [-0.2, 0) is 21.2 Å². The maximum atomic E-state index is 14.2. The highest BCUT2D eigenvalue weighted by Crippen LogP contribution is 2.70. The molecule has 3 fully saturated rings. The third-order valence-electron chi connectivity index (χ3n) is 10.8. The number of carbonyl (C=O) groups is 2. The molecular formula is C32H31Cl2NO5S. The Morgan fingerprint density at radius 2 is 1.73 bits per heavy atom. The minimum atomic E-state index is -3.91. The molecule has 0 N–H and O–H groups in total. The standard InChI is InChI=1S/C32H31Cl2NO5S/c1-17-12-19-9-8-18-6-4-5-7-21(18)27(19)28(17)40-30(37)23-15-25(34)24(33)14-22(23)29(36)35-26-13-20-10-11-32(26,31(20,2)3)16-41(35,38)39/h4-9,14-15,17,20,26,28H,10-13,16H2,1-3H3/t17-,20+,26+,28+,32+/m0/s1. The van der Waals surface area contributed by atoms with Gasteiger partial charge in [0.2, 0.25) is 10.0 Å². The number of esters is 1. The van der Waals surface area contributed by atoms with Gasteiger partial charge in [-0.25, -0.2) is 17.5 Å². The van der Waals surface area contributed by atoms with Gasteiger partial charge in [0, 0.05) is 16.9 Å². The largest absolute Gasteiger partial charge is 0.454 e. The van der Waals surface area contributed by atoms with Gasteiger partial charge in [0.25, 0.3) is 5.91 Å². The van der Waals surface area contributed by atoms with E-state index in [1.165, 1.54) is 12.1 Å². The first kappa shape index (κ1) is 27.2. The number of halogens is 2. The van der Waals surface area contributed by atoms with E-state index in [0.29, 0.717) is 12.3 Å². The van der Waals surface area contributed by atoms with Crippen molar-refractivity contribution < 1.29 is 22.7 Å². The van der Waals surface area contributed by atoms with E-state index in [1.54, 1.807) is 0 Å². The zero-order valence-electron chi connectivity index (χ0n) is 23.1. The van der Waals surface area contributed by atoms with Crippen LogP contribution < -0.4 is 0 Å². The first-order valence-electron chi connectivity index (χ1n) is 14.1. The molecule has 3 aromatic carbocycles. The Hall–Kier alpha value is -2.61. The van der Waals surface area contributed by atoms with E-state index in [9.17, 15) is 18.0 Å². The summed E-state index contributed by atoms with van der Waals surface area (Å²) in [6.45, 7) is 6.28. The summed E-state index contributed by atoms with van der Waals surface area (Å²) < 4.78 is 34.4. The molecular weight excluding hydrogens is 581 g/mol. The van der Waals surface area contributed by atoms with Crippen molar-refractivity contribution in [3.63, 3.8) is 0 Å². The van der Waals surface area contributed by atoms with Gasteiger partial charge in [0.05, 0.1) is 33.0 Å². The predicted molar refractivity (Wildman–Crippen MR) is 159 cm³/mol. The molecule has 1 aliphatic heterocycles. The van der Waals surface area contributed by atoms with Crippen molar-refractivity contribution in [1.29, 1.82) is 0 Å². The first-order valence-corrected chi connectivity index (χ1v) is 16.5. The van der Waals surface area contributed by atoms with Crippen LogP contribution in [0.4, 0.5) is 0 Å². The van der Waals surface area contributed by atoms with Crippen molar-refractivity contribution in [3.8, 4) is 0 Å². The molecule has 5 atom stereocenters. The molecule has 1 saturated heterocycles. The van der Waals surface area contributed by atoms with Crippen molar-refractivity contribution in [3.05, 3.63) is 80.8 Å². The topological polar surface area (TPSA) is 80.8 Å². The number of hydrogen-bond acceptors (Lipinski definition) is 5. The highest BCUT2D eigenvalue weighted by atomic mass is 35.5. The van der Waals surface area contributed by atoms with Gasteiger partial charge in [-0.2, -0.15) is 0 Å². The number of nitrogens with zero attached hydrogens (tertiary/aromatic N) is 1. The van der Waals surface area contributed by atoms with Crippen molar-refractivity contribution in [1.82, 2.24) is 4.31 Å². The molecule has 6 nitrogen and oxygen atoms in total. The number of sulfonamides is 1. The summed E-state index contributed by atoms with van der Waals surface area (Å²) >= 11 is 12.7. The summed E-state index contributed by atoms with van der Waals surface area (Å²) in [6.07, 6.45) is 2.56. The van der Waals surface area contributed by atoms with E-state index < -0.39 is 39.5 Å². The molecule has 4 aliphatic rings. The Labute approximate surface area is 250 Å². The summed E-state index contributed by atoms with van der Waals surface area (Å²) in [5.74, 6) is -1.19. The lowest BCUT2D eigenvalue weighted by atomic mass is 9.69. The smallest absolute Gasteiger partial charge is 0.339 e. The Morgan fingerprint density at radius 3 is 2.46 bits per heavy atom. The molecule has 2 saturated carbocycles. The Kier molecular flexibility index (Phi) is 5.94. The van der Waals surface area contributed by atoms with Crippen LogP contribution in [0.15, 0.2) is 48.5 Å². The molecule has 3 aromatic rings. The fourth-order valence-electron chi connectivity index (χ4n) is 8.51. The van der Waals surface area contributed by atoms with Crippen LogP contribution >= 0.6 is 23.2 Å². The van der Waals surface area contributed by atoms with Gasteiger partial charge in [-0.15, -0.1) is 0 Å². The van der Waals surface area contributed by atoms with Crippen LogP contribution in [0.2, 0.25) is 10.0 Å². The molecule has 7 rings (SSSR count). The number of hydrogen-bond donors (Lipinski definition) is 0. The molecule has 0 radical (unpaired) electrons. The van der Waals surface area contributed by atoms with E-state index in [4.69, 9.17) is 27.9 Å². The molecule has 0 aromatic heterocycles. The number of fused-ring (bicyclic) bond motifs is 4. The number of amides is 1. The quantitative estimate of drug-likeness (QED) is 0.292. The van der Waals surface area contributed by atoms with E-state index in [0.717, 1.165) is 45.5 Å². The van der Waals surface area contributed by atoms with E-state index in [1.807, 2.05) is 31.2 Å². The lowest BCUT2D eigenvalue weighted by Gasteiger charge is -2.37. The molecule has 9 heteroatoms. The Bertz CT molecular complexity index is 1770. The van der Waals surface area contributed by atoms with Crippen LogP contribution in [-0.4, -0.2) is 36.4 Å². The Morgan fingerprint density at radius 1 is 1.02 bits per heavy atom. The van der Waals surface area contributed by atoms with Gasteiger partial charge in [-0.3, -0.25) is 4.79 Å². The average Bonchev–Trinajstić information content (AvgIpc) is 3.53. The second kappa shape index (κ2) is 8.95. The van der Waals surface area contributed by atoms with Gasteiger partial charge in [-0.1, -0.05) is 80.4 Å². The Balaban J connectivity index is 1.27. The summed E-state index contributed by atoms with van der Waals surface area (Å²) in [5.41, 5.74) is 1.20. The van der Waals surface area contributed by atoms with Gasteiger partial charge < -0.3 is 4.74 Å². The lowest BCUT2D eigenvalue weighted by Crippen LogP contribution is -2.44. The van der Waals surface area contributed by atoms with E-state index in [2.05, 4.69) is 26.0 Å². The van der Waals surface area contributed by atoms with Crippen LogP contribution in [0.25, 0.3) is 10.8 Å². The summed E-state index contributed by atoms with van der Waals surface area (Å²) in [6, 6.07) is 14.3. The fourth-order valence-corrected chi connectivity index (χ4v) is 11.4. The first-order chi connectivity index (χ1) is 19.4. The van der Waals surface area contributed by atoms with E-state index in [-0.39, 0.29) is 38.3 Å². The van der Waals surface area contributed by atoms with Gasteiger partial charge >= 0.3 is 5.97 Å². The molecule has 0 unspecified atom stereocenters. The summed E-state index contributed by atoms with van der Waals surface area (Å²) in [5, 5.41) is 2.22. The van der Waals surface area contributed by atoms with Gasteiger partial charge in [0.1, 0.15) is 6.10 Å². The summed E-state index contributed by atoms with van der Waals surface area (Å²) in [7, 11) is -3.91. The molecule has 1 amide bonds. The molecule has 214 valence electrons. The molecule has 1 spiro atoms. The maximum Gasteiger partial charge on any atom is 0.339 e. The molecule has 1 heterocycles. The predicted octanol–water partition coefficient (Wildman–Crippen LogP) is 7.22. The minimum Gasteiger partial charge on any atom is -0.454 e. The van der Waals surface area contributed by atoms with Crippen LogP contribution in [0.3, 0.4) is 0 Å². The zero-order chi connectivity index (χ0) is 29.1. The maximum absolute atomic E-state index is 14.2. The van der Waals surface area contributed by atoms with Gasteiger partial charge in [0.15, 0.2) is 0 Å². The second-order valence-electron chi connectivity index (χ2n) is 12.9. The molecule has 3 aliphatic carbocycles. The van der Waals surface area contributed by atoms with Crippen molar-refractivity contribution >= 4 is 55.9 Å². The average molecular weight is 613 g/mol. The third-order valence-corrected chi connectivity index (χ3v) is 13.4. The van der Waals surface area contributed by atoms with Crippen LogP contribution in [0.1, 0.15) is 78.0 Å². The number of rotatable bonds is 3. The van der Waals surface area contributed by atoms with Crippen molar-refractivity contribution in [2.45, 2.75) is 58.6 Å². The second-order valence-corrected chi connectivity index (χ2v) is 15.6. The number of ether oxygens (including phenoxy) is 1.